The molecule has 1 fully saturated rings. The number of anilines is 3. The van der Waals surface area contributed by atoms with Crippen LogP contribution in [0.4, 0.5) is 35.0 Å². The quantitative estimate of drug-likeness (QED) is 0.538. The van der Waals surface area contributed by atoms with Gasteiger partial charge in [0.2, 0.25) is 5.95 Å². The van der Waals surface area contributed by atoms with E-state index in [-0.39, 0.29) is 17.4 Å². The molecule has 0 saturated carbocycles. The Morgan fingerprint density at radius 1 is 1.00 bits per heavy atom. The van der Waals surface area contributed by atoms with E-state index in [0.29, 0.717) is 43.4 Å². The highest BCUT2D eigenvalue weighted by Crippen LogP contribution is 2.29. The van der Waals surface area contributed by atoms with Crippen molar-refractivity contribution in [2.24, 2.45) is 0 Å². The summed E-state index contributed by atoms with van der Waals surface area (Å²) in [6, 6.07) is 12.0. The summed E-state index contributed by atoms with van der Waals surface area (Å²) in [5.41, 5.74) is -0.299. The van der Waals surface area contributed by atoms with E-state index in [4.69, 9.17) is 0 Å². The number of rotatable bonds is 5. The number of aromatic nitrogens is 2. The highest BCUT2D eigenvalue weighted by atomic mass is 19.4. The van der Waals surface area contributed by atoms with E-state index in [1.54, 1.807) is 30.5 Å². The van der Waals surface area contributed by atoms with Crippen molar-refractivity contribution in [3.05, 3.63) is 77.7 Å². The highest BCUT2D eigenvalue weighted by Gasteiger charge is 2.30. The molecule has 0 aliphatic carbocycles. The number of piperidine rings is 1. The van der Waals surface area contributed by atoms with Gasteiger partial charge in [-0.1, -0.05) is 12.1 Å². The van der Waals surface area contributed by atoms with Gasteiger partial charge in [0.25, 0.3) is 5.91 Å². The van der Waals surface area contributed by atoms with Gasteiger partial charge in [-0.2, -0.15) is 18.2 Å². The first-order valence-corrected chi connectivity index (χ1v) is 10.4. The van der Waals surface area contributed by atoms with E-state index in [1.807, 2.05) is 4.90 Å². The van der Waals surface area contributed by atoms with Crippen LogP contribution in [0.3, 0.4) is 0 Å². The zero-order valence-electron chi connectivity index (χ0n) is 17.4. The summed E-state index contributed by atoms with van der Waals surface area (Å²) in [5, 5.41) is 5.81. The Labute approximate surface area is 187 Å². The predicted octanol–water partition coefficient (Wildman–Crippen LogP) is 4.78. The molecule has 33 heavy (non-hydrogen) atoms. The third-order valence-electron chi connectivity index (χ3n) is 5.37. The van der Waals surface area contributed by atoms with Crippen LogP contribution in [0.15, 0.2) is 60.8 Å². The minimum atomic E-state index is -4.44. The first kappa shape index (κ1) is 22.5. The van der Waals surface area contributed by atoms with Crippen LogP contribution in [-0.4, -0.2) is 35.0 Å². The van der Waals surface area contributed by atoms with Crippen molar-refractivity contribution in [3.8, 4) is 0 Å². The minimum Gasteiger partial charge on any atom is -0.349 e. The number of carbonyl (C=O) groups is 1. The fourth-order valence-corrected chi connectivity index (χ4v) is 3.57. The van der Waals surface area contributed by atoms with Crippen molar-refractivity contribution < 1.29 is 22.4 Å². The summed E-state index contributed by atoms with van der Waals surface area (Å²) in [7, 11) is 0. The summed E-state index contributed by atoms with van der Waals surface area (Å²) in [5.74, 6) is 0.156. The van der Waals surface area contributed by atoms with Crippen LogP contribution in [0, 0.1) is 5.82 Å². The Balaban J connectivity index is 1.32. The molecule has 4 rings (SSSR count). The standard InChI is InChI=1S/C23H21F4N5O/c24-18-3-1-2-4-19(18)30-20-9-12-28-22(31-20)32-13-10-17(11-14-32)29-21(33)15-5-7-16(8-6-15)23(25,26)27/h1-9,12,17H,10-11,13-14H2,(H,29,33)(H,28,30,31). The lowest BCUT2D eigenvalue weighted by Crippen LogP contribution is -2.45. The number of benzene rings is 2. The zero-order valence-corrected chi connectivity index (χ0v) is 17.4. The number of nitrogens with zero attached hydrogens (tertiary/aromatic N) is 3. The lowest BCUT2D eigenvalue weighted by molar-refractivity contribution is -0.137. The monoisotopic (exact) mass is 459 g/mol. The molecular weight excluding hydrogens is 438 g/mol. The van der Waals surface area contributed by atoms with Crippen molar-refractivity contribution in [2.45, 2.75) is 25.1 Å². The predicted molar refractivity (Wildman–Crippen MR) is 116 cm³/mol. The number of hydrogen-bond acceptors (Lipinski definition) is 5. The molecule has 1 saturated heterocycles. The molecule has 1 aliphatic heterocycles. The van der Waals surface area contributed by atoms with Crippen LogP contribution in [0.25, 0.3) is 0 Å². The summed E-state index contributed by atoms with van der Waals surface area (Å²) in [6.07, 6.45) is -1.60. The molecule has 0 bridgehead atoms. The number of halogens is 4. The first-order valence-electron chi connectivity index (χ1n) is 10.4. The Bertz CT molecular complexity index is 1110. The molecule has 0 spiro atoms. The summed E-state index contributed by atoms with van der Waals surface area (Å²) >= 11 is 0. The number of alkyl halides is 3. The molecule has 0 unspecified atom stereocenters. The van der Waals surface area contributed by atoms with E-state index in [1.165, 1.54) is 18.2 Å². The smallest absolute Gasteiger partial charge is 0.349 e. The molecule has 3 aromatic rings. The van der Waals surface area contributed by atoms with Gasteiger partial charge in [-0.05, 0) is 55.3 Å². The third-order valence-corrected chi connectivity index (χ3v) is 5.37. The second-order valence-corrected chi connectivity index (χ2v) is 7.66. The van der Waals surface area contributed by atoms with Crippen LogP contribution in [-0.2, 0) is 6.18 Å². The van der Waals surface area contributed by atoms with Crippen LogP contribution >= 0.6 is 0 Å². The maximum atomic E-state index is 13.9. The Kier molecular flexibility index (Phi) is 6.43. The second-order valence-electron chi connectivity index (χ2n) is 7.66. The van der Waals surface area contributed by atoms with Crippen LogP contribution < -0.4 is 15.5 Å². The van der Waals surface area contributed by atoms with Crippen molar-refractivity contribution in [1.82, 2.24) is 15.3 Å². The summed E-state index contributed by atoms with van der Waals surface area (Å²) in [4.78, 5) is 23.1. The van der Waals surface area contributed by atoms with E-state index in [2.05, 4.69) is 20.6 Å². The van der Waals surface area contributed by atoms with Gasteiger partial charge in [-0.25, -0.2) is 9.37 Å². The summed E-state index contributed by atoms with van der Waals surface area (Å²) < 4.78 is 51.9. The second kappa shape index (κ2) is 9.43. The molecule has 1 aromatic heterocycles. The molecule has 2 heterocycles. The molecule has 1 amide bonds. The number of nitrogens with one attached hydrogen (secondary N) is 2. The lowest BCUT2D eigenvalue weighted by Gasteiger charge is -2.32. The van der Waals surface area contributed by atoms with Crippen LogP contribution in [0.1, 0.15) is 28.8 Å². The largest absolute Gasteiger partial charge is 0.416 e. The normalized spacial score (nSPS) is 14.7. The first-order chi connectivity index (χ1) is 15.8. The summed E-state index contributed by atoms with van der Waals surface area (Å²) in [6.45, 7) is 1.17. The fourth-order valence-electron chi connectivity index (χ4n) is 3.57. The van der Waals surface area contributed by atoms with Crippen LogP contribution in [0.2, 0.25) is 0 Å². The highest BCUT2D eigenvalue weighted by molar-refractivity contribution is 5.94. The van der Waals surface area contributed by atoms with Crippen molar-refractivity contribution >= 4 is 23.4 Å². The number of amides is 1. The van der Waals surface area contributed by atoms with E-state index >= 15 is 0 Å². The molecule has 2 N–H and O–H groups in total. The number of carbonyl (C=O) groups excluding carboxylic acids is 1. The average Bonchev–Trinajstić information content (AvgIpc) is 2.81. The van der Waals surface area contributed by atoms with E-state index in [0.717, 1.165) is 12.1 Å². The number of para-hydroxylation sites is 1. The van der Waals surface area contributed by atoms with Gasteiger partial charge >= 0.3 is 6.18 Å². The van der Waals surface area contributed by atoms with Gasteiger partial charge in [0, 0.05) is 30.9 Å². The minimum absolute atomic E-state index is 0.115. The Morgan fingerprint density at radius 3 is 2.36 bits per heavy atom. The van der Waals surface area contributed by atoms with Gasteiger partial charge in [-0.15, -0.1) is 0 Å². The third kappa shape index (κ3) is 5.57. The average molecular weight is 459 g/mol. The Hall–Kier alpha value is -3.69. The SMILES string of the molecule is O=C(NC1CCN(c2nccc(Nc3ccccc3F)n2)CC1)c1ccc(C(F)(F)F)cc1. The molecule has 10 heteroatoms. The number of hydrogen-bond donors (Lipinski definition) is 2. The maximum Gasteiger partial charge on any atom is 0.416 e. The van der Waals surface area contributed by atoms with Gasteiger partial charge in [0.05, 0.1) is 11.3 Å². The van der Waals surface area contributed by atoms with Gasteiger partial charge in [0.1, 0.15) is 11.6 Å². The molecule has 172 valence electrons. The van der Waals surface area contributed by atoms with Gasteiger partial charge in [-0.3, -0.25) is 4.79 Å². The molecule has 2 aromatic carbocycles. The van der Waals surface area contributed by atoms with Crippen LogP contribution in [0.5, 0.6) is 0 Å². The molecular formula is C23H21F4N5O. The topological polar surface area (TPSA) is 70.2 Å². The van der Waals surface area contributed by atoms with E-state index in [9.17, 15) is 22.4 Å². The van der Waals surface area contributed by atoms with E-state index < -0.39 is 17.6 Å². The van der Waals surface area contributed by atoms with Gasteiger partial charge in [0.15, 0.2) is 0 Å². The van der Waals surface area contributed by atoms with Crippen molar-refractivity contribution in [1.29, 1.82) is 0 Å². The zero-order chi connectivity index (χ0) is 23.4. The molecule has 6 nitrogen and oxygen atoms in total. The molecule has 0 radical (unpaired) electrons. The molecule has 0 atom stereocenters. The maximum absolute atomic E-state index is 13.9. The Morgan fingerprint density at radius 2 is 1.70 bits per heavy atom. The molecule has 1 aliphatic rings. The fraction of sp³-hybridized carbons (Fsp3) is 0.261. The van der Waals surface area contributed by atoms with Gasteiger partial charge < -0.3 is 15.5 Å². The lowest BCUT2D eigenvalue weighted by atomic mass is 10.0. The van der Waals surface area contributed by atoms with Crippen molar-refractivity contribution in [3.63, 3.8) is 0 Å². The van der Waals surface area contributed by atoms with Crippen molar-refractivity contribution in [2.75, 3.05) is 23.3 Å².